The quantitative estimate of drug-likeness (QED) is 0.383. The van der Waals surface area contributed by atoms with E-state index in [2.05, 4.69) is 0 Å². The van der Waals surface area contributed by atoms with E-state index in [9.17, 15) is 19.2 Å². The number of amides is 1. The van der Waals surface area contributed by atoms with Crippen molar-refractivity contribution in [1.82, 2.24) is 9.64 Å². The molecule has 166 valence electrons. The highest BCUT2D eigenvalue weighted by molar-refractivity contribution is 8.00. The van der Waals surface area contributed by atoms with Gasteiger partial charge in [0.05, 0.1) is 12.0 Å². The van der Waals surface area contributed by atoms with Crippen LogP contribution in [0.15, 0.2) is 26.7 Å². The Hall–Kier alpha value is -2.24. The normalized spacial score (nSPS) is 20.8. The smallest absolute Gasteiger partial charge is 0.358 e. The molecular weight excluding hydrogens is 438 g/mol. The highest BCUT2D eigenvalue weighted by atomic mass is 35.5. The number of halogens is 1. The van der Waals surface area contributed by atoms with Crippen molar-refractivity contribution in [2.45, 2.75) is 45.7 Å². The topological polar surface area (TPSA) is 134 Å². The Morgan fingerprint density at radius 3 is 2.53 bits per heavy atom. The van der Waals surface area contributed by atoms with Gasteiger partial charge in [-0.15, -0.1) is 24.2 Å². The first-order valence-corrected chi connectivity index (χ1v) is 10.00. The third-order valence-corrected chi connectivity index (χ3v) is 5.80. The van der Waals surface area contributed by atoms with Gasteiger partial charge in [-0.25, -0.2) is 4.79 Å². The number of nitrogens with zero attached hydrogens (tertiary/aromatic N) is 2. The maximum atomic E-state index is 12.7. The molecule has 1 amide bonds. The maximum Gasteiger partial charge on any atom is 0.358 e. The number of ether oxygens (including phenoxy) is 2. The van der Waals surface area contributed by atoms with E-state index in [0.717, 1.165) is 4.74 Å². The van der Waals surface area contributed by atoms with Gasteiger partial charge in [-0.05, 0) is 33.3 Å². The fraction of sp³-hybridized carbons (Fsp3) is 0.556. The SMILES string of the molecule is Cc1cc(=O)n(CC2=C(C(=O)OCOC(=O)C(C)(C)C)N3C(=O)C(N)[C@H]3SC2)o1.Cl. The zero-order valence-corrected chi connectivity index (χ0v) is 18.6. The number of carbonyl (C=O) groups is 3. The van der Waals surface area contributed by atoms with Crippen molar-refractivity contribution in [2.24, 2.45) is 11.1 Å². The van der Waals surface area contributed by atoms with Crippen molar-refractivity contribution in [3.63, 3.8) is 0 Å². The second-order valence-corrected chi connectivity index (χ2v) is 8.95. The van der Waals surface area contributed by atoms with Crippen LogP contribution in [0.5, 0.6) is 0 Å². The molecule has 2 aliphatic rings. The number of carbonyl (C=O) groups excluding carboxylic acids is 3. The van der Waals surface area contributed by atoms with Crippen LogP contribution < -0.4 is 11.3 Å². The Morgan fingerprint density at radius 2 is 1.97 bits per heavy atom. The van der Waals surface area contributed by atoms with Crippen LogP contribution in [-0.4, -0.2) is 51.4 Å². The number of β-lactam (4-membered cyclic amide) rings is 1. The Labute approximate surface area is 183 Å². The van der Waals surface area contributed by atoms with Gasteiger partial charge in [0.1, 0.15) is 22.9 Å². The molecule has 2 atom stereocenters. The first-order valence-electron chi connectivity index (χ1n) is 8.95. The van der Waals surface area contributed by atoms with Gasteiger partial charge in [0, 0.05) is 11.8 Å². The van der Waals surface area contributed by atoms with E-state index in [4.69, 9.17) is 19.7 Å². The average molecular weight is 462 g/mol. The van der Waals surface area contributed by atoms with E-state index in [-0.39, 0.29) is 35.6 Å². The fourth-order valence-corrected chi connectivity index (χ4v) is 4.17. The van der Waals surface area contributed by atoms with E-state index in [1.165, 1.54) is 22.7 Å². The number of rotatable bonds is 5. The van der Waals surface area contributed by atoms with Gasteiger partial charge in [-0.1, -0.05) is 0 Å². The Kier molecular flexibility index (Phi) is 7.10. The summed E-state index contributed by atoms with van der Waals surface area (Å²) in [4.78, 5) is 50.1. The Balaban J connectivity index is 0.00000320. The molecule has 1 aromatic rings. The molecule has 0 saturated carbocycles. The van der Waals surface area contributed by atoms with E-state index in [1.807, 2.05) is 0 Å². The van der Waals surface area contributed by atoms with Crippen LogP contribution in [0.2, 0.25) is 0 Å². The zero-order valence-electron chi connectivity index (χ0n) is 17.0. The van der Waals surface area contributed by atoms with E-state index < -0.39 is 36.1 Å². The number of hydrogen-bond donors (Lipinski definition) is 1. The molecule has 2 N–H and O–H groups in total. The Morgan fingerprint density at radius 1 is 1.30 bits per heavy atom. The van der Waals surface area contributed by atoms with Gasteiger partial charge >= 0.3 is 11.9 Å². The van der Waals surface area contributed by atoms with Crippen LogP contribution in [0.3, 0.4) is 0 Å². The van der Waals surface area contributed by atoms with Gasteiger partial charge in [-0.2, -0.15) is 4.74 Å². The summed E-state index contributed by atoms with van der Waals surface area (Å²) in [6, 6.07) is 0.616. The largest absolute Gasteiger partial charge is 0.427 e. The lowest BCUT2D eigenvalue weighted by Crippen LogP contribution is -2.68. The van der Waals surface area contributed by atoms with E-state index in [0.29, 0.717) is 17.1 Å². The van der Waals surface area contributed by atoms with Crippen LogP contribution in [0.1, 0.15) is 26.5 Å². The molecule has 1 fully saturated rings. The number of thioether (sulfide) groups is 1. The molecule has 3 rings (SSSR count). The number of esters is 2. The average Bonchev–Trinajstić information content (AvgIpc) is 2.96. The van der Waals surface area contributed by atoms with E-state index >= 15 is 0 Å². The maximum absolute atomic E-state index is 12.7. The van der Waals surface area contributed by atoms with Gasteiger partial charge in [-0.3, -0.25) is 19.3 Å². The van der Waals surface area contributed by atoms with Crippen molar-refractivity contribution >= 4 is 42.0 Å². The summed E-state index contributed by atoms with van der Waals surface area (Å²) in [6.07, 6.45) is 0. The van der Waals surface area contributed by atoms with Crippen LogP contribution in [-0.2, 0) is 30.4 Å². The molecule has 3 heterocycles. The lowest BCUT2D eigenvalue weighted by atomic mass is 9.98. The minimum absolute atomic E-state index is 0. The summed E-state index contributed by atoms with van der Waals surface area (Å²) in [5, 5.41) is -0.388. The second-order valence-electron chi connectivity index (χ2n) is 7.84. The van der Waals surface area contributed by atoms with Crippen molar-refractivity contribution in [2.75, 3.05) is 12.5 Å². The number of aromatic nitrogens is 1. The number of nitrogens with two attached hydrogens (primary N) is 1. The lowest BCUT2D eigenvalue weighted by molar-refractivity contribution is -0.173. The minimum atomic E-state index is -0.830. The molecular formula is C18H24ClN3O7S. The molecule has 0 aromatic carbocycles. The fourth-order valence-electron chi connectivity index (χ4n) is 2.89. The second kappa shape index (κ2) is 8.86. The number of hydrogen-bond acceptors (Lipinski definition) is 9. The highest BCUT2D eigenvalue weighted by Gasteiger charge is 2.52. The summed E-state index contributed by atoms with van der Waals surface area (Å²) in [5.41, 5.74) is 5.20. The summed E-state index contributed by atoms with van der Waals surface area (Å²) in [6.45, 7) is 6.04. The molecule has 0 radical (unpaired) electrons. The molecule has 0 bridgehead atoms. The monoisotopic (exact) mass is 461 g/mol. The van der Waals surface area contributed by atoms with Gasteiger partial charge < -0.3 is 19.7 Å². The van der Waals surface area contributed by atoms with Crippen molar-refractivity contribution in [1.29, 1.82) is 0 Å². The lowest BCUT2D eigenvalue weighted by Gasteiger charge is -2.48. The summed E-state index contributed by atoms with van der Waals surface area (Å²) < 4.78 is 16.5. The molecule has 30 heavy (non-hydrogen) atoms. The predicted octanol–water partition coefficient (Wildman–Crippen LogP) is 0.758. The van der Waals surface area contributed by atoms with Crippen molar-refractivity contribution in [3.05, 3.63) is 33.5 Å². The molecule has 10 nitrogen and oxygen atoms in total. The molecule has 1 aromatic heterocycles. The zero-order chi connectivity index (χ0) is 21.5. The molecule has 0 spiro atoms. The Bertz CT molecular complexity index is 946. The van der Waals surface area contributed by atoms with Gasteiger partial charge in [0.2, 0.25) is 12.7 Å². The molecule has 2 aliphatic heterocycles. The van der Waals surface area contributed by atoms with Crippen molar-refractivity contribution in [3.8, 4) is 0 Å². The first kappa shape index (κ1) is 24.0. The standard InChI is InChI=1S/C18H23N3O7S.ClH/c1-9-5-11(22)20(28-9)6-10-7-29-15-12(19)14(23)21(15)13(10)16(24)26-8-27-17(25)18(2,3)4;/h5,12,15H,6-8,19H2,1-4H3;1H/t12?,15-;/m1./s1. The van der Waals surface area contributed by atoms with Crippen LogP contribution in [0, 0.1) is 12.3 Å². The minimum Gasteiger partial charge on any atom is -0.427 e. The van der Waals surface area contributed by atoms with Gasteiger partial charge in [0.15, 0.2) is 0 Å². The summed E-state index contributed by atoms with van der Waals surface area (Å²) >= 11 is 1.39. The third-order valence-electron chi connectivity index (χ3n) is 4.44. The first-order chi connectivity index (χ1) is 13.5. The molecule has 1 unspecified atom stereocenters. The predicted molar refractivity (Wildman–Crippen MR) is 110 cm³/mol. The van der Waals surface area contributed by atoms with Crippen LogP contribution >= 0.6 is 24.2 Å². The van der Waals surface area contributed by atoms with Crippen molar-refractivity contribution < 1.29 is 28.4 Å². The molecule has 12 heteroatoms. The van der Waals surface area contributed by atoms with Gasteiger partial charge in [0.25, 0.3) is 5.56 Å². The third kappa shape index (κ3) is 4.57. The van der Waals surface area contributed by atoms with Crippen LogP contribution in [0.25, 0.3) is 0 Å². The molecule has 0 aliphatic carbocycles. The van der Waals surface area contributed by atoms with E-state index in [1.54, 1.807) is 27.7 Å². The number of aryl methyl sites for hydroxylation is 1. The summed E-state index contributed by atoms with van der Waals surface area (Å²) in [5.74, 6) is -0.987. The molecule has 1 saturated heterocycles. The van der Waals surface area contributed by atoms with Crippen LogP contribution in [0.4, 0.5) is 0 Å². The number of fused-ring (bicyclic) bond motifs is 1. The summed E-state index contributed by atoms with van der Waals surface area (Å²) in [7, 11) is 0. The highest BCUT2D eigenvalue weighted by Crippen LogP contribution is 2.40.